The number of para-hydroxylation sites is 1. The van der Waals surface area contributed by atoms with Crippen molar-refractivity contribution in [3.8, 4) is 0 Å². The number of benzene rings is 1. The van der Waals surface area contributed by atoms with Gasteiger partial charge >= 0.3 is 0 Å². The first kappa shape index (κ1) is 8.13. The van der Waals surface area contributed by atoms with Crippen molar-refractivity contribution in [2.45, 2.75) is 6.42 Å². The molecule has 0 atom stereocenters. The molecule has 68 valence electrons. The average molecular weight is 176 g/mol. The summed E-state index contributed by atoms with van der Waals surface area (Å²) in [6, 6.07) is 7.74. The third kappa shape index (κ3) is 1.27. The number of hydrogen-bond donors (Lipinski definition) is 2. The molecule has 0 aliphatic carbocycles. The highest BCUT2D eigenvalue weighted by atomic mass is 16.5. The molecule has 13 heavy (non-hydrogen) atoms. The van der Waals surface area contributed by atoms with Crippen molar-refractivity contribution in [1.82, 2.24) is 4.73 Å². The van der Waals surface area contributed by atoms with E-state index >= 15 is 0 Å². The molecule has 0 bridgehead atoms. The fourth-order valence-electron chi connectivity index (χ4n) is 1.59. The molecule has 2 aromatic rings. The van der Waals surface area contributed by atoms with Crippen molar-refractivity contribution in [2.24, 2.45) is 5.73 Å². The van der Waals surface area contributed by atoms with Crippen LogP contribution in [0.15, 0.2) is 30.5 Å². The van der Waals surface area contributed by atoms with Crippen LogP contribution in [0.25, 0.3) is 10.9 Å². The molecule has 0 fully saturated rings. The summed E-state index contributed by atoms with van der Waals surface area (Å²) >= 11 is 0. The zero-order valence-corrected chi connectivity index (χ0v) is 7.27. The molecule has 1 aromatic heterocycles. The van der Waals surface area contributed by atoms with E-state index in [2.05, 4.69) is 0 Å². The van der Waals surface area contributed by atoms with Gasteiger partial charge in [-0.3, -0.25) is 0 Å². The lowest BCUT2D eigenvalue weighted by atomic mass is 10.1. The maximum Gasteiger partial charge on any atom is 0.0868 e. The molecule has 2 rings (SSSR count). The maximum absolute atomic E-state index is 9.49. The Balaban J connectivity index is 2.63. The van der Waals surface area contributed by atoms with Gasteiger partial charge in [-0.05, 0) is 24.6 Å². The summed E-state index contributed by atoms with van der Waals surface area (Å²) < 4.78 is 1.15. The Hall–Kier alpha value is -1.48. The fraction of sp³-hybridized carbons (Fsp3) is 0.200. The van der Waals surface area contributed by atoms with Gasteiger partial charge in [-0.15, -0.1) is 0 Å². The molecule has 0 unspecified atom stereocenters. The van der Waals surface area contributed by atoms with Crippen LogP contribution in [0.4, 0.5) is 0 Å². The number of hydrogen-bond acceptors (Lipinski definition) is 2. The van der Waals surface area contributed by atoms with Crippen molar-refractivity contribution in [3.63, 3.8) is 0 Å². The first-order valence-corrected chi connectivity index (χ1v) is 4.31. The zero-order chi connectivity index (χ0) is 9.26. The average Bonchev–Trinajstić information content (AvgIpc) is 2.46. The third-order valence-corrected chi connectivity index (χ3v) is 2.19. The zero-order valence-electron chi connectivity index (χ0n) is 7.27. The Labute approximate surface area is 76.4 Å². The number of fused-ring (bicyclic) bond motifs is 1. The number of aromatic nitrogens is 1. The van der Waals surface area contributed by atoms with E-state index in [-0.39, 0.29) is 0 Å². The number of nitrogens with zero attached hydrogens (tertiary/aromatic N) is 1. The summed E-state index contributed by atoms with van der Waals surface area (Å²) in [4.78, 5) is 0. The van der Waals surface area contributed by atoms with Crippen LogP contribution in [0, 0.1) is 0 Å². The van der Waals surface area contributed by atoms with Crippen molar-refractivity contribution < 1.29 is 5.21 Å². The summed E-state index contributed by atoms with van der Waals surface area (Å²) in [5.74, 6) is 0. The largest absolute Gasteiger partial charge is 0.428 e. The predicted octanol–water partition coefficient (Wildman–Crippen LogP) is 1.38. The molecule has 0 saturated carbocycles. The second kappa shape index (κ2) is 3.11. The summed E-state index contributed by atoms with van der Waals surface area (Å²) in [6.45, 7) is 0.605. The highest BCUT2D eigenvalue weighted by molar-refractivity contribution is 5.83. The normalized spacial score (nSPS) is 10.8. The van der Waals surface area contributed by atoms with Crippen LogP contribution in [-0.4, -0.2) is 16.5 Å². The third-order valence-electron chi connectivity index (χ3n) is 2.19. The van der Waals surface area contributed by atoms with Crippen LogP contribution in [0.5, 0.6) is 0 Å². The highest BCUT2D eigenvalue weighted by Gasteiger charge is 2.05. The first-order chi connectivity index (χ1) is 6.33. The second-order valence-electron chi connectivity index (χ2n) is 3.05. The molecule has 0 saturated heterocycles. The quantitative estimate of drug-likeness (QED) is 0.679. The van der Waals surface area contributed by atoms with E-state index in [9.17, 15) is 5.21 Å². The standard InChI is InChI=1S/C10H12N2O/c11-6-5-8-7-12(13)10-4-2-1-3-9(8)10/h1-4,7,13H,5-6,11H2. The van der Waals surface area contributed by atoms with Gasteiger partial charge in [0.05, 0.1) is 5.52 Å². The van der Waals surface area contributed by atoms with Gasteiger partial charge in [0.15, 0.2) is 0 Å². The van der Waals surface area contributed by atoms with E-state index in [0.717, 1.165) is 27.6 Å². The molecule has 3 heteroatoms. The summed E-state index contributed by atoms with van der Waals surface area (Å²) in [5, 5.41) is 10.6. The van der Waals surface area contributed by atoms with Crippen LogP contribution < -0.4 is 5.73 Å². The monoisotopic (exact) mass is 176 g/mol. The summed E-state index contributed by atoms with van der Waals surface area (Å²) in [7, 11) is 0. The molecular formula is C10H12N2O. The SMILES string of the molecule is NCCc1cn(O)c2ccccc12. The van der Waals surface area contributed by atoms with Crippen molar-refractivity contribution in [3.05, 3.63) is 36.0 Å². The molecule has 1 aromatic carbocycles. The second-order valence-corrected chi connectivity index (χ2v) is 3.05. The van der Waals surface area contributed by atoms with Gasteiger partial charge in [0.1, 0.15) is 0 Å². The maximum atomic E-state index is 9.49. The van der Waals surface area contributed by atoms with Gasteiger partial charge in [0.2, 0.25) is 0 Å². The molecular weight excluding hydrogens is 164 g/mol. The lowest BCUT2D eigenvalue weighted by Crippen LogP contribution is -2.01. The molecule has 0 amide bonds. The lowest BCUT2D eigenvalue weighted by Gasteiger charge is -1.93. The smallest absolute Gasteiger partial charge is 0.0868 e. The van der Waals surface area contributed by atoms with Crippen LogP contribution in [0.3, 0.4) is 0 Å². The molecule has 0 aliphatic heterocycles. The molecule has 3 N–H and O–H groups in total. The van der Waals surface area contributed by atoms with Gasteiger partial charge in [0.25, 0.3) is 0 Å². The van der Waals surface area contributed by atoms with E-state index in [1.165, 1.54) is 0 Å². The van der Waals surface area contributed by atoms with Crippen molar-refractivity contribution >= 4 is 10.9 Å². The van der Waals surface area contributed by atoms with Gasteiger partial charge < -0.3 is 10.9 Å². The summed E-state index contributed by atoms with van der Waals surface area (Å²) in [5.41, 5.74) is 7.41. The van der Waals surface area contributed by atoms with Gasteiger partial charge in [-0.25, -0.2) is 0 Å². The van der Waals surface area contributed by atoms with Crippen LogP contribution >= 0.6 is 0 Å². The number of nitrogens with two attached hydrogens (primary N) is 1. The topological polar surface area (TPSA) is 51.2 Å². The molecule has 0 aliphatic rings. The number of rotatable bonds is 2. The van der Waals surface area contributed by atoms with E-state index in [0.29, 0.717) is 6.54 Å². The molecule has 0 spiro atoms. The van der Waals surface area contributed by atoms with E-state index in [1.807, 2.05) is 24.3 Å². The fourth-order valence-corrected chi connectivity index (χ4v) is 1.59. The van der Waals surface area contributed by atoms with Gasteiger partial charge in [-0.1, -0.05) is 18.2 Å². The highest BCUT2D eigenvalue weighted by Crippen LogP contribution is 2.19. The Bertz CT molecular complexity index is 420. The Kier molecular flexibility index (Phi) is 1.94. The Morgan fingerprint density at radius 2 is 2.08 bits per heavy atom. The van der Waals surface area contributed by atoms with Crippen molar-refractivity contribution in [2.75, 3.05) is 6.54 Å². The van der Waals surface area contributed by atoms with Crippen LogP contribution in [0.2, 0.25) is 0 Å². The van der Waals surface area contributed by atoms with E-state index < -0.39 is 0 Å². The molecule has 0 radical (unpaired) electrons. The van der Waals surface area contributed by atoms with Gasteiger partial charge in [-0.2, -0.15) is 4.73 Å². The predicted molar refractivity (Wildman–Crippen MR) is 51.9 cm³/mol. The van der Waals surface area contributed by atoms with Gasteiger partial charge in [0, 0.05) is 11.6 Å². The minimum Gasteiger partial charge on any atom is -0.428 e. The van der Waals surface area contributed by atoms with Crippen molar-refractivity contribution in [1.29, 1.82) is 0 Å². The van der Waals surface area contributed by atoms with Crippen LogP contribution in [0.1, 0.15) is 5.56 Å². The molecule has 3 nitrogen and oxygen atoms in total. The minimum atomic E-state index is 0.605. The van der Waals surface area contributed by atoms with E-state index in [4.69, 9.17) is 5.73 Å². The lowest BCUT2D eigenvalue weighted by molar-refractivity contribution is 0.199. The Morgan fingerprint density at radius 1 is 1.31 bits per heavy atom. The Morgan fingerprint density at radius 3 is 2.85 bits per heavy atom. The van der Waals surface area contributed by atoms with Crippen LogP contribution in [-0.2, 0) is 6.42 Å². The first-order valence-electron chi connectivity index (χ1n) is 4.31. The van der Waals surface area contributed by atoms with E-state index in [1.54, 1.807) is 6.20 Å². The minimum absolute atomic E-state index is 0.605. The molecule has 1 heterocycles. The summed E-state index contributed by atoms with van der Waals surface area (Å²) in [6.07, 6.45) is 2.52.